The molecule has 0 saturated carbocycles. The summed E-state index contributed by atoms with van der Waals surface area (Å²) in [6.07, 6.45) is 3.37. The van der Waals surface area contributed by atoms with E-state index in [1.54, 1.807) is 0 Å². The molecule has 1 aliphatic heterocycles. The fourth-order valence-electron chi connectivity index (χ4n) is 2.56. The van der Waals surface area contributed by atoms with Crippen molar-refractivity contribution >= 4 is 21.9 Å². The molecular formula is C14H18BrNO2. The molecule has 3 nitrogen and oxygen atoms in total. The standard InChI is InChI=1S/C14H18BrNO2/c1-14(13(17)18,16-9-3-2-4-10-16)11-5-7-12(15)8-6-11/h5-8H,2-4,9-10H2,1H3,(H,17,18). The summed E-state index contributed by atoms with van der Waals surface area (Å²) in [5.74, 6) is -0.772. The van der Waals surface area contributed by atoms with E-state index >= 15 is 0 Å². The van der Waals surface area contributed by atoms with Crippen molar-refractivity contribution in [3.63, 3.8) is 0 Å². The van der Waals surface area contributed by atoms with Gasteiger partial charge in [0.1, 0.15) is 5.54 Å². The van der Waals surface area contributed by atoms with Crippen molar-refractivity contribution in [1.29, 1.82) is 0 Å². The minimum absolute atomic E-state index is 0.772. The van der Waals surface area contributed by atoms with Gasteiger partial charge in [-0.15, -0.1) is 0 Å². The van der Waals surface area contributed by atoms with Crippen LogP contribution in [0.5, 0.6) is 0 Å². The predicted octanol–water partition coefficient (Wildman–Crippen LogP) is 3.23. The normalized spacial score (nSPS) is 20.3. The summed E-state index contributed by atoms with van der Waals surface area (Å²) >= 11 is 3.38. The summed E-state index contributed by atoms with van der Waals surface area (Å²) in [4.78, 5) is 13.8. The van der Waals surface area contributed by atoms with E-state index in [0.717, 1.165) is 36.0 Å². The zero-order valence-corrected chi connectivity index (χ0v) is 12.1. The molecule has 1 atom stereocenters. The number of rotatable bonds is 3. The Labute approximate surface area is 116 Å². The molecule has 1 heterocycles. The van der Waals surface area contributed by atoms with Crippen LogP contribution in [0.15, 0.2) is 28.7 Å². The zero-order chi connectivity index (χ0) is 13.2. The van der Waals surface area contributed by atoms with Crippen molar-refractivity contribution in [2.45, 2.75) is 31.7 Å². The first kappa shape index (κ1) is 13.6. The number of benzene rings is 1. The van der Waals surface area contributed by atoms with Crippen molar-refractivity contribution in [3.05, 3.63) is 34.3 Å². The van der Waals surface area contributed by atoms with Gasteiger partial charge >= 0.3 is 5.97 Å². The van der Waals surface area contributed by atoms with E-state index in [1.807, 2.05) is 31.2 Å². The fraction of sp³-hybridized carbons (Fsp3) is 0.500. The minimum atomic E-state index is -0.916. The van der Waals surface area contributed by atoms with Crippen LogP contribution in [0.25, 0.3) is 0 Å². The summed E-state index contributed by atoms with van der Waals surface area (Å²) in [5, 5.41) is 9.65. The third-order valence-corrected chi connectivity index (χ3v) is 4.34. The van der Waals surface area contributed by atoms with Crippen molar-refractivity contribution in [1.82, 2.24) is 4.90 Å². The van der Waals surface area contributed by atoms with Crippen molar-refractivity contribution in [3.8, 4) is 0 Å². The third kappa shape index (κ3) is 2.45. The highest BCUT2D eigenvalue weighted by Gasteiger charge is 2.41. The summed E-state index contributed by atoms with van der Waals surface area (Å²) in [6, 6.07) is 7.60. The summed E-state index contributed by atoms with van der Waals surface area (Å²) in [6.45, 7) is 3.53. The Morgan fingerprint density at radius 3 is 2.28 bits per heavy atom. The van der Waals surface area contributed by atoms with Gasteiger partial charge in [-0.2, -0.15) is 0 Å². The molecule has 4 heteroatoms. The maximum absolute atomic E-state index is 11.8. The second kappa shape index (κ2) is 5.41. The van der Waals surface area contributed by atoms with Crippen LogP contribution in [0.2, 0.25) is 0 Å². The quantitative estimate of drug-likeness (QED) is 0.931. The van der Waals surface area contributed by atoms with Gasteiger partial charge in [-0.25, -0.2) is 4.79 Å². The SMILES string of the molecule is CC(C(=O)O)(c1ccc(Br)cc1)N1CCCCC1. The molecule has 2 rings (SSSR count). The van der Waals surface area contributed by atoms with Gasteiger partial charge < -0.3 is 5.11 Å². The van der Waals surface area contributed by atoms with E-state index in [-0.39, 0.29) is 0 Å². The number of nitrogens with zero attached hydrogens (tertiary/aromatic N) is 1. The molecule has 1 aromatic rings. The molecule has 0 aliphatic carbocycles. The minimum Gasteiger partial charge on any atom is -0.480 e. The van der Waals surface area contributed by atoms with Crippen molar-refractivity contribution in [2.75, 3.05) is 13.1 Å². The maximum Gasteiger partial charge on any atom is 0.328 e. The van der Waals surface area contributed by atoms with Gasteiger partial charge in [-0.3, -0.25) is 4.90 Å². The van der Waals surface area contributed by atoms with Crippen LogP contribution >= 0.6 is 15.9 Å². The van der Waals surface area contributed by atoms with Crippen LogP contribution in [0.1, 0.15) is 31.7 Å². The molecule has 1 N–H and O–H groups in total. The molecule has 18 heavy (non-hydrogen) atoms. The summed E-state index contributed by atoms with van der Waals surface area (Å²) in [5.41, 5.74) is -0.0682. The molecule has 0 amide bonds. The molecule has 1 unspecified atom stereocenters. The van der Waals surface area contributed by atoms with E-state index in [9.17, 15) is 9.90 Å². The Morgan fingerprint density at radius 2 is 1.78 bits per heavy atom. The monoisotopic (exact) mass is 311 g/mol. The largest absolute Gasteiger partial charge is 0.480 e. The van der Waals surface area contributed by atoms with Crippen molar-refractivity contribution in [2.24, 2.45) is 0 Å². The summed E-state index contributed by atoms with van der Waals surface area (Å²) in [7, 11) is 0. The van der Waals surface area contributed by atoms with Gasteiger partial charge in [-0.1, -0.05) is 34.5 Å². The number of likely N-dealkylation sites (tertiary alicyclic amines) is 1. The molecule has 0 aromatic heterocycles. The van der Waals surface area contributed by atoms with Crippen LogP contribution in [-0.4, -0.2) is 29.1 Å². The Kier molecular flexibility index (Phi) is 4.07. The highest BCUT2D eigenvalue weighted by Crippen LogP contribution is 2.32. The molecule has 1 saturated heterocycles. The molecule has 98 valence electrons. The number of halogens is 1. The molecule has 1 aromatic carbocycles. The summed E-state index contributed by atoms with van der Waals surface area (Å²) < 4.78 is 0.970. The van der Waals surface area contributed by atoms with Crippen molar-refractivity contribution < 1.29 is 9.90 Å². The zero-order valence-electron chi connectivity index (χ0n) is 10.5. The number of carboxylic acid groups (broad SMARTS) is 1. The average molecular weight is 312 g/mol. The topological polar surface area (TPSA) is 40.5 Å². The lowest BCUT2D eigenvalue weighted by Gasteiger charge is -2.40. The Hall–Kier alpha value is -0.870. The number of hydrogen-bond donors (Lipinski definition) is 1. The van der Waals surface area contributed by atoms with Crippen LogP contribution < -0.4 is 0 Å². The van der Waals surface area contributed by atoms with Crippen LogP contribution in [0, 0.1) is 0 Å². The van der Waals surface area contributed by atoms with Gasteiger partial charge in [-0.05, 0) is 50.6 Å². The second-order valence-electron chi connectivity index (χ2n) is 4.93. The maximum atomic E-state index is 11.8. The van der Waals surface area contributed by atoms with E-state index in [0.29, 0.717) is 0 Å². The number of hydrogen-bond acceptors (Lipinski definition) is 2. The van der Waals surface area contributed by atoms with E-state index in [2.05, 4.69) is 20.8 Å². The van der Waals surface area contributed by atoms with Crippen LogP contribution in [-0.2, 0) is 10.3 Å². The van der Waals surface area contributed by atoms with E-state index < -0.39 is 11.5 Å². The lowest BCUT2D eigenvalue weighted by molar-refractivity contribution is -0.152. The Balaban J connectivity index is 2.36. The van der Waals surface area contributed by atoms with Crippen LogP contribution in [0.4, 0.5) is 0 Å². The Morgan fingerprint density at radius 1 is 1.22 bits per heavy atom. The Bertz CT molecular complexity index is 426. The van der Waals surface area contributed by atoms with Gasteiger partial charge in [0.05, 0.1) is 0 Å². The molecule has 1 aliphatic rings. The average Bonchev–Trinajstić information content (AvgIpc) is 2.39. The van der Waals surface area contributed by atoms with Gasteiger partial charge in [0.2, 0.25) is 0 Å². The highest BCUT2D eigenvalue weighted by molar-refractivity contribution is 9.10. The number of aliphatic carboxylic acids is 1. The van der Waals surface area contributed by atoms with E-state index in [4.69, 9.17) is 0 Å². The number of piperidine rings is 1. The van der Waals surface area contributed by atoms with Crippen LogP contribution in [0.3, 0.4) is 0 Å². The third-order valence-electron chi connectivity index (χ3n) is 3.81. The first-order valence-corrected chi connectivity index (χ1v) is 7.09. The lowest BCUT2D eigenvalue weighted by atomic mass is 9.88. The lowest BCUT2D eigenvalue weighted by Crippen LogP contribution is -2.51. The van der Waals surface area contributed by atoms with Gasteiger partial charge in [0.25, 0.3) is 0 Å². The van der Waals surface area contributed by atoms with Gasteiger partial charge in [0.15, 0.2) is 0 Å². The highest BCUT2D eigenvalue weighted by atomic mass is 79.9. The number of carboxylic acids is 1. The smallest absolute Gasteiger partial charge is 0.328 e. The second-order valence-corrected chi connectivity index (χ2v) is 5.85. The molecule has 1 fully saturated rings. The number of carbonyl (C=O) groups is 1. The predicted molar refractivity (Wildman–Crippen MR) is 74.6 cm³/mol. The molecule has 0 bridgehead atoms. The van der Waals surface area contributed by atoms with Gasteiger partial charge in [0, 0.05) is 4.47 Å². The molecule has 0 spiro atoms. The first-order valence-electron chi connectivity index (χ1n) is 6.29. The molecular weight excluding hydrogens is 294 g/mol. The van der Waals surface area contributed by atoms with E-state index in [1.165, 1.54) is 6.42 Å². The molecule has 0 radical (unpaired) electrons. The fourth-order valence-corrected chi connectivity index (χ4v) is 2.82. The first-order chi connectivity index (χ1) is 8.55.